The van der Waals surface area contributed by atoms with Crippen LogP contribution in [0.1, 0.15) is 26.7 Å². The van der Waals surface area contributed by atoms with E-state index in [-0.39, 0.29) is 17.9 Å². The Morgan fingerprint density at radius 1 is 1.43 bits per heavy atom. The molecule has 0 saturated carbocycles. The zero-order valence-electron chi connectivity index (χ0n) is 9.18. The van der Waals surface area contributed by atoms with Crippen LogP contribution in [0.3, 0.4) is 0 Å². The highest BCUT2D eigenvalue weighted by Gasteiger charge is 2.17. The van der Waals surface area contributed by atoms with E-state index in [1.54, 1.807) is 7.11 Å². The van der Waals surface area contributed by atoms with Gasteiger partial charge in [-0.25, -0.2) is 0 Å². The first-order chi connectivity index (χ1) is 6.69. The van der Waals surface area contributed by atoms with E-state index in [9.17, 15) is 4.79 Å². The van der Waals surface area contributed by atoms with E-state index in [1.165, 1.54) is 0 Å². The zero-order chi connectivity index (χ0) is 11.0. The monoisotopic (exact) mass is 265 g/mol. The standard InChI is InChI=1S/C10H20BrNO2/c1-4-8(5-2)10(13)12-9(6-11)7-14-3/h8-9H,4-7H2,1-3H3,(H,12,13). The van der Waals surface area contributed by atoms with E-state index in [4.69, 9.17) is 4.74 Å². The topological polar surface area (TPSA) is 38.3 Å². The Kier molecular flexibility index (Phi) is 8.18. The van der Waals surface area contributed by atoms with E-state index in [2.05, 4.69) is 21.2 Å². The number of hydrogen-bond donors (Lipinski definition) is 1. The molecule has 4 heteroatoms. The third kappa shape index (κ3) is 4.96. The van der Waals surface area contributed by atoms with E-state index >= 15 is 0 Å². The van der Waals surface area contributed by atoms with Gasteiger partial charge >= 0.3 is 0 Å². The summed E-state index contributed by atoms with van der Waals surface area (Å²) < 4.78 is 5.00. The van der Waals surface area contributed by atoms with Crippen LogP contribution in [0.4, 0.5) is 0 Å². The molecule has 1 atom stereocenters. The Bertz CT molecular complexity index is 160. The van der Waals surface area contributed by atoms with Gasteiger partial charge in [0.15, 0.2) is 0 Å². The number of amides is 1. The second-order valence-electron chi connectivity index (χ2n) is 3.33. The molecule has 14 heavy (non-hydrogen) atoms. The minimum atomic E-state index is 0.0769. The van der Waals surface area contributed by atoms with E-state index < -0.39 is 0 Å². The molecule has 1 unspecified atom stereocenters. The average Bonchev–Trinajstić information content (AvgIpc) is 2.19. The second-order valence-corrected chi connectivity index (χ2v) is 3.98. The molecule has 84 valence electrons. The third-order valence-corrected chi connectivity index (χ3v) is 3.04. The SMILES string of the molecule is CCC(CC)C(=O)NC(CBr)COC. The number of carbonyl (C=O) groups is 1. The summed E-state index contributed by atoms with van der Waals surface area (Å²) in [5.74, 6) is 0.268. The van der Waals surface area contributed by atoms with Crippen LogP contribution in [0.5, 0.6) is 0 Å². The maximum atomic E-state index is 11.7. The predicted molar refractivity (Wildman–Crippen MR) is 61.7 cm³/mol. The number of alkyl halides is 1. The van der Waals surface area contributed by atoms with Gasteiger partial charge in [-0.05, 0) is 12.8 Å². The molecular formula is C10H20BrNO2. The lowest BCUT2D eigenvalue weighted by Crippen LogP contribution is -2.42. The van der Waals surface area contributed by atoms with Crippen LogP contribution in [0.2, 0.25) is 0 Å². The summed E-state index contributed by atoms with van der Waals surface area (Å²) in [5.41, 5.74) is 0. The van der Waals surface area contributed by atoms with Crippen molar-refractivity contribution < 1.29 is 9.53 Å². The highest BCUT2D eigenvalue weighted by atomic mass is 79.9. The molecule has 0 aliphatic carbocycles. The first-order valence-corrected chi connectivity index (χ1v) is 6.16. The summed E-state index contributed by atoms with van der Waals surface area (Å²) >= 11 is 3.34. The molecule has 1 N–H and O–H groups in total. The number of nitrogens with one attached hydrogen (secondary N) is 1. The van der Waals surface area contributed by atoms with Gasteiger partial charge in [-0.15, -0.1) is 0 Å². The fourth-order valence-electron chi connectivity index (χ4n) is 1.30. The van der Waals surface area contributed by atoms with Crippen LogP contribution in [0.25, 0.3) is 0 Å². The summed E-state index contributed by atoms with van der Waals surface area (Å²) in [5, 5.41) is 3.69. The fraction of sp³-hybridized carbons (Fsp3) is 0.900. The van der Waals surface area contributed by atoms with Gasteiger partial charge in [-0.1, -0.05) is 29.8 Å². The molecule has 0 aromatic carbocycles. The molecule has 0 rings (SSSR count). The first kappa shape index (κ1) is 13.9. The first-order valence-electron chi connectivity index (χ1n) is 5.04. The Balaban J connectivity index is 3.99. The Hall–Kier alpha value is -0.0900. The second kappa shape index (κ2) is 8.24. The van der Waals surface area contributed by atoms with Gasteiger partial charge < -0.3 is 10.1 Å². The summed E-state index contributed by atoms with van der Waals surface area (Å²) in [6, 6.07) is 0.0769. The average molecular weight is 266 g/mol. The van der Waals surface area contributed by atoms with Crippen molar-refractivity contribution in [1.82, 2.24) is 5.32 Å². The number of ether oxygens (including phenoxy) is 1. The molecule has 3 nitrogen and oxygen atoms in total. The smallest absolute Gasteiger partial charge is 0.223 e. The lowest BCUT2D eigenvalue weighted by Gasteiger charge is -2.19. The van der Waals surface area contributed by atoms with Crippen molar-refractivity contribution in [3.8, 4) is 0 Å². The Morgan fingerprint density at radius 3 is 2.36 bits per heavy atom. The van der Waals surface area contributed by atoms with Crippen LogP contribution >= 0.6 is 15.9 Å². The van der Waals surface area contributed by atoms with Gasteiger partial charge in [0.05, 0.1) is 12.6 Å². The lowest BCUT2D eigenvalue weighted by molar-refractivity contribution is -0.126. The fourth-order valence-corrected chi connectivity index (χ4v) is 1.65. The maximum Gasteiger partial charge on any atom is 0.223 e. The van der Waals surface area contributed by atoms with Crippen molar-refractivity contribution in [1.29, 1.82) is 0 Å². The van der Waals surface area contributed by atoms with Gasteiger partial charge in [-0.2, -0.15) is 0 Å². The van der Waals surface area contributed by atoms with Crippen LogP contribution in [0, 0.1) is 5.92 Å². The summed E-state index contributed by atoms with van der Waals surface area (Å²) in [6.45, 7) is 4.62. The van der Waals surface area contributed by atoms with Crippen molar-refractivity contribution >= 4 is 21.8 Å². The molecule has 0 saturated heterocycles. The molecule has 0 bridgehead atoms. The summed E-state index contributed by atoms with van der Waals surface area (Å²) in [7, 11) is 1.64. The molecule has 1 amide bonds. The quantitative estimate of drug-likeness (QED) is 0.715. The highest BCUT2D eigenvalue weighted by molar-refractivity contribution is 9.09. The van der Waals surface area contributed by atoms with Crippen LogP contribution in [-0.4, -0.2) is 31.0 Å². The number of methoxy groups -OCH3 is 1. The van der Waals surface area contributed by atoms with Crippen molar-refractivity contribution in [2.75, 3.05) is 19.0 Å². The number of halogens is 1. The highest BCUT2D eigenvalue weighted by Crippen LogP contribution is 2.07. The normalized spacial score (nSPS) is 12.9. The molecule has 0 aromatic heterocycles. The third-order valence-electron chi connectivity index (χ3n) is 2.26. The van der Waals surface area contributed by atoms with Gasteiger partial charge in [0.25, 0.3) is 0 Å². The maximum absolute atomic E-state index is 11.7. The number of carbonyl (C=O) groups excluding carboxylic acids is 1. The van der Waals surface area contributed by atoms with Gasteiger partial charge in [0.2, 0.25) is 5.91 Å². The van der Waals surface area contributed by atoms with Crippen LogP contribution in [-0.2, 0) is 9.53 Å². The molecule has 0 aromatic rings. The molecule has 0 aliphatic heterocycles. The molecule has 0 aliphatic rings. The Labute approximate surface area is 94.7 Å². The van der Waals surface area contributed by atoms with Crippen molar-refractivity contribution in [3.63, 3.8) is 0 Å². The van der Waals surface area contributed by atoms with E-state index in [0.29, 0.717) is 6.61 Å². The number of rotatable bonds is 7. The molecule has 0 heterocycles. The minimum Gasteiger partial charge on any atom is -0.383 e. The molecule has 0 radical (unpaired) electrons. The minimum absolute atomic E-state index is 0.0769. The van der Waals surface area contributed by atoms with Crippen LogP contribution in [0.15, 0.2) is 0 Å². The summed E-state index contributed by atoms with van der Waals surface area (Å²) in [6.07, 6.45) is 1.79. The summed E-state index contributed by atoms with van der Waals surface area (Å²) in [4.78, 5) is 11.7. The molecule has 0 fully saturated rings. The van der Waals surface area contributed by atoms with Crippen molar-refractivity contribution in [2.45, 2.75) is 32.7 Å². The molecule has 0 spiro atoms. The van der Waals surface area contributed by atoms with E-state index in [0.717, 1.165) is 18.2 Å². The zero-order valence-corrected chi connectivity index (χ0v) is 10.8. The predicted octanol–water partition coefficient (Wildman–Crippen LogP) is 1.95. The van der Waals surface area contributed by atoms with Gasteiger partial charge in [-0.3, -0.25) is 4.79 Å². The van der Waals surface area contributed by atoms with Crippen molar-refractivity contribution in [2.24, 2.45) is 5.92 Å². The largest absolute Gasteiger partial charge is 0.383 e. The van der Waals surface area contributed by atoms with E-state index in [1.807, 2.05) is 13.8 Å². The van der Waals surface area contributed by atoms with Gasteiger partial charge in [0, 0.05) is 18.4 Å². The molecular weight excluding hydrogens is 246 g/mol. The van der Waals surface area contributed by atoms with Crippen molar-refractivity contribution in [3.05, 3.63) is 0 Å². The number of hydrogen-bond acceptors (Lipinski definition) is 2. The van der Waals surface area contributed by atoms with Gasteiger partial charge in [0.1, 0.15) is 0 Å². The Morgan fingerprint density at radius 2 is 2.00 bits per heavy atom. The van der Waals surface area contributed by atoms with Crippen LogP contribution < -0.4 is 5.32 Å². The lowest BCUT2D eigenvalue weighted by atomic mass is 10.0.